The van der Waals surface area contributed by atoms with Crippen LogP contribution in [0, 0.1) is 6.92 Å². The highest BCUT2D eigenvalue weighted by Crippen LogP contribution is 2.28. The van der Waals surface area contributed by atoms with Crippen molar-refractivity contribution in [3.63, 3.8) is 0 Å². The summed E-state index contributed by atoms with van der Waals surface area (Å²) in [6.07, 6.45) is 3.02. The number of rotatable bonds is 4. The molecule has 0 bridgehead atoms. The standard InChI is InChI=1S/C11H11Cl2N5OS/c1-6-7(12)3-14-10(9(6)13)16-8(19)4-20-11-17-15-5-18(11)2/h3,5H,4H2,1-2H3,(H,14,16,19). The molecule has 2 heterocycles. The molecular weight excluding hydrogens is 321 g/mol. The molecule has 2 rings (SSSR count). The molecule has 2 aromatic heterocycles. The van der Waals surface area contributed by atoms with Crippen molar-refractivity contribution < 1.29 is 4.79 Å². The Bertz CT molecular complexity index is 646. The Morgan fingerprint density at radius 1 is 1.50 bits per heavy atom. The maximum Gasteiger partial charge on any atom is 0.236 e. The highest BCUT2D eigenvalue weighted by molar-refractivity contribution is 7.99. The summed E-state index contributed by atoms with van der Waals surface area (Å²) in [5, 5.41) is 11.7. The van der Waals surface area contributed by atoms with E-state index in [2.05, 4.69) is 20.5 Å². The van der Waals surface area contributed by atoms with Crippen molar-refractivity contribution in [2.45, 2.75) is 12.1 Å². The van der Waals surface area contributed by atoms with Crippen LogP contribution in [0.4, 0.5) is 5.82 Å². The monoisotopic (exact) mass is 331 g/mol. The molecule has 0 aliphatic heterocycles. The lowest BCUT2D eigenvalue weighted by Gasteiger charge is -2.08. The van der Waals surface area contributed by atoms with Crippen LogP contribution in [0.3, 0.4) is 0 Å². The lowest BCUT2D eigenvalue weighted by Crippen LogP contribution is -2.16. The Hall–Kier alpha value is -1.31. The molecule has 1 N–H and O–H groups in total. The van der Waals surface area contributed by atoms with Crippen molar-refractivity contribution in [3.05, 3.63) is 28.1 Å². The smallest absolute Gasteiger partial charge is 0.236 e. The Labute approximate surface area is 129 Å². The van der Waals surface area contributed by atoms with E-state index in [4.69, 9.17) is 23.2 Å². The molecule has 0 unspecified atom stereocenters. The molecule has 2 aromatic rings. The van der Waals surface area contributed by atoms with E-state index in [0.717, 1.165) is 0 Å². The quantitative estimate of drug-likeness (QED) is 0.871. The molecule has 0 aliphatic rings. The average Bonchev–Trinajstić information content (AvgIpc) is 2.83. The van der Waals surface area contributed by atoms with Gasteiger partial charge in [-0.25, -0.2) is 4.98 Å². The molecule has 0 saturated carbocycles. The van der Waals surface area contributed by atoms with Crippen LogP contribution in [0.1, 0.15) is 5.56 Å². The van der Waals surface area contributed by atoms with Crippen LogP contribution < -0.4 is 5.32 Å². The highest BCUT2D eigenvalue weighted by Gasteiger charge is 2.12. The zero-order valence-corrected chi connectivity index (χ0v) is 13.1. The first-order valence-electron chi connectivity index (χ1n) is 5.56. The van der Waals surface area contributed by atoms with Crippen LogP contribution in [0.25, 0.3) is 0 Å². The second-order valence-electron chi connectivity index (χ2n) is 3.95. The molecular formula is C11H11Cl2N5OS. The Balaban J connectivity index is 1.98. The van der Waals surface area contributed by atoms with E-state index in [1.807, 2.05) is 0 Å². The number of hydrogen-bond acceptors (Lipinski definition) is 5. The summed E-state index contributed by atoms with van der Waals surface area (Å²) in [4.78, 5) is 15.8. The van der Waals surface area contributed by atoms with E-state index < -0.39 is 0 Å². The van der Waals surface area contributed by atoms with Crippen LogP contribution in [-0.4, -0.2) is 31.4 Å². The minimum Gasteiger partial charge on any atom is -0.312 e. The molecule has 0 fully saturated rings. The fourth-order valence-electron chi connectivity index (χ4n) is 1.35. The number of aromatic nitrogens is 4. The minimum atomic E-state index is -0.228. The molecule has 6 nitrogen and oxygen atoms in total. The summed E-state index contributed by atoms with van der Waals surface area (Å²) < 4.78 is 1.73. The van der Waals surface area contributed by atoms with Crippen LogP contribution in [-0.2, 0) is 11.8 Å². The number of amides is 1. The molecule has 1 amide bonds. The Morgan fingerprint density at radius 2 is 2.25 bits per heavy atom. The summed E-state index contributed by atoms with van der Waals surface area (Å²) in [7, 11) is 1.81. The molecule has 0 aromatic carbocycles. The van der Waals surface area contributed by atoms with Crippen LogP contribution in [0.2, 0.25) is 10.0 Å². The topological polar surface area (TPSA) is 72.7 Å². The third-order valence-corrected chi connectivity index (χ3v) is 4.34. The number of nitrogens with one attached hydrogen (secondary N) is 1. The third-order valence-electron chi connectivity index (χ3n) is 2.46. The van der Waals surface area contributed by atoms with E-state index in [-0.39, 0.29) is 11.7 Å². The number of carbonyl (C=O) groups is 1. The molecule has 0 radical (unpaired) electrons. The number of nitrogens with zero attached hydrogens (tertiary/aromatic N) is 4. The maximum atomic E-state index is 11.8. The zero-order valence-electron chi connectivity index (χ0n) is 10.7. The van der Waals surface area contributed by atoms with Crippen LogP contribution in [0.15, 0.2) is 17.7 Å². The van der Waals surface area contributed by atoms with Gasteiger partial charge in [-0.3, -0.25) is 4.79 Å². The summed E-state index contributed by atoms with van der Waals surface area (Å²) >= 11 is 13.2. The third kappa shape index (κ3) is 3.41. The van der Waals surface area contributed by atoms with Gasteiger partial charge >= 0.3 is 0 Å². The van der Waals surface area contributed by atoms with Gasteiger partial charge in [-0.2, -0.15) is 0 Å². The van der Waals surface area contributed by atoms with Gasteiger partial charge in [-0.15, -0.1) is 10.2 Å². The number of aryl methyl sites for hydroxylation is 1. The van der Waals surface area contributed by atoms with Crippen molar-refractivity contribution in [3.8, 4) is 0 Å². The zero-order chi connectivity index (χ0) is 14.7. The summed E-state index contributed by atoms with van der Waals surface area (Å²) in [6, 6.07) is 0. The lowest BCUT2D eigenvalue weighted by molar-refractivity contribution is -0.113. The number of carbonyl (C=O) groups excluding carboxylic acids is 1. The van der Waals surface area contributed by atoms with Gasteiger partial charge in [0.2, 0.25) is 5.91 Å². The lowest BCUT2D eigenvalue weighted by atomic mass is 10.3. The number of hydrogen-bond donors (Lipinski definition) is 1. The second kappa shape index (κ2) is 6.43. The molecule has 0 saturated heterocycles. The van der Waals surface area contributed by atoms with Gasteiger partial charge in [0.15, 0.2) is 11.0 Å². The van der Waals surface area contributed by atoms with E-state index in [0.29, 0.717) is 26.6 Å². The maximum absolute atomic E-state index is 11.8. The van der Waals surface area contributed by atoms with Gasteiger partial charge in [0.05, 0.1) is 15.8 Å². The Morgan fingerprint density at radius 3 is 2.90 bits per heavy atom. The molecule has 20 heavy (non-hydrogen) atoms. The van der Waals surface area contributed by atoms with E-state index >= 15 is 0 Å². The number of pyridine rings is 1. The van der Waals surface area contributed by atoms with Gasteiger partial charge in [-0.1, -0.05) is 35.0 Å². The SMILES string of the molecule is Cc1c(Cl)cnc(NC(=O)CSc2nncn2C)c1Cl. The van der Waals surface area contributed by atoms with Crippen LogP contribution >= 0.6 is 35.0 Å². The van der Waals surface area contributed by atoms with Crippen molar-refractivity contribution in [2.75, 3.05) is 11.1 Å². The fourth-order valence-corrected chi connectivity index (χ4v) is 2.42. The highest BCUT2D eigenvalue weighted by atomic mass is 35.5. The average molecular weight is 332 g/mol. The summed E-state index contributed by atoms with van der Waals surface area (Å²) in [6.45, 7) is 1.76. The molecule has 0 spiro atoms. The van der Waals surface area contributed by atoms with E-state index in [9.17, 15) is 4.79 Å². The summed E-state index contributed by atoms with van der Waals surface area (Å²) in [5.74, 6) is 0.262. The van der Waals surface area contributed by atoms with Gasteiger partial charge < -0.3 is 9.88 Å². The van der Waals surface area contributed by atoms with Crippen molar-refractivity contribution in [1.82, 2.24) is 19.7 Å². The first-order chi connectivity index (χ1) is 9.49. The van der Waals surface area contributed by atoms with Crippen molar-refractivity contribution >= 4 is 46.7 Å². The van der Waals surface area contributed by atoms with Crippen molar-refractivity contribution in [1.29, 1.82) is 0 Å². The van der Waals surface area contributed by atoms with Gasteiger partial charge in [0.1, 0.15) is 6.33 Å². The second-order valence-corrected chi connectivity index (χ2v) is 5.68. The van der Waals surface area contributed by atoms with Crippen LogP contribution in [0.5, 0.6) is 0 Å². The largest absolute Gasteiger partial charge is 0.312 e. The number of thioether (sulfide) groups is 1. The molecule has 9 heteroatoms. The van der Waals surface area contributed by atoms with E-state index in [1.54, 1.807) is 24.9 Å². The number of anilines is 1. The molecule has 106 valence electrons. The van der Waals surface area contributed by atoms with E-state index in [1.165, 1.54) is 18.0 Å². The minimum absolute atomic E-state index is 0.187. The van der Waals surface area contributed by atoms with Gasteiger partial charge in [-0.05, 0) is 12.5 Å². The Kier molecular flexibility index (Phi) is 4.85. The first kappa shape index (κ1) is 15.1. The predicted molar refractivity (Wildman–Crippen MR) is 79.4 cm³/mol. The predicted octanol–water partition coefficient (Wildman–Crippen LogP) is 2.56. The number of halogens is 2. The molecule has 0 atom stereocenters. The van der Waals surface area contributed by atoms with Gasteiger partial charge in [0, 0.05) is 13.2 Å². The first-order valence-corrected chi connectivity index (χ1v) is 7.30. The van der Waals surface area contributed by atoms with Gasteiger partial charge in [0.25, 0.3) is 0 Å². The van der Waals surface area contributed by atoms with Crippen molar-refractivity contribution in [2.24, 2.45) is 7.05 Å². The fraction of sp³-hybridized carbons (Fsp3) is 0.273. The normalized spacial score (nSPS) is 10.6. The summed E-state index contributed by atoms with van der Waals surface area (Å²) in [5.41, 5.74) is 0.680. The molecule has 0 aliphatic carbocycles.